The Morgan fingerprint density at radius 1 is 1.32 bits per heavy atom. The number of benzene rings is 1. The summed E-state index contributed by atoms with van der Waals surface area (Å²) in [7, 11) is 1.74. The Labute approximate surface area is 117 Å². The van der Waals surface area contributed by atoms with E-state index in [9.17, 15) is 0 Å². The van der Waals surface area contributed by atoms with Gasteiger partial charge in [0.15, 0.2) is 0 Å². The van der Waals surface area contributed by atoms with E-state index in [0.29, 0.717) is 6.04 Å². The number of hydrogen-bond donors (Lipinski definition) is 1. The second-order valence-electron chi connectivity index (χ2n) is 5.61. The van der Waals surface area contributed by atoms with Crippen LogP contribution >= 0.6 is 0 Å². The summed E-state index contributed by atoms with van der Waals surface area (Å²) < 4.78 is 5.33. The molecule has 1 fully saturated rings. The van der Waals surface area contributed by atoms with Gasteiger partial charge in [0.2, 0.25) is 0 Å². The van der Waals surface area contributed by atoms with E-state index in [0.717, 1.165) is 18.2 Å². The van der Waals surface area contributed by atoms with E-state index in [4.69, 9.17) is 4.74 Å². The fourth-order valence-electron chi connectivity index (χ4n) is 3.19. The van der Waals surface area contributed by atoms with Crippen LogP contribution in [0, 0.1) is 5.92 Å². The van der Waals surface area contributed by atoms with Crippen LogP contribution in [-0.4, -0.2) is 13.7 Å². The molecule has 106 valence electrons. The Morgan fingerprint density at radius 2 is 2.11 bits per heavy atom. The Morgan fingerprint density at radius 3 is 2.79 bits per heavy atom. The average Bonchev–Trinajstić information content (AvgIpc) is 2.97. The molecule has 0 bridgehead atoms. The molecule has 2 heteroatoms. The van der Waals surface area contributed by atoms with Crippen molar-refractivity contribution in [1.82, 2.24) is 5.32 Å². The highest BCUT2D eigenvalue weighted by molar-refractivity contribution is 5.30. The molecule has 19 heavy (non-hydrogen) atoms. The maximum absolute atomic E-state index is 5.33. The molecule has 1 aliphatic rings. The summed E-state index contributed by atoms with van der Waals surface area (Å²) in [6.07, 6.45) is 8.36. The van der Waals surface area contributed by atoms with E-state index in [2.05, 4.69) is 30.4 Å². The van der Waals surface area contributed by atoms with Gasteiger partial charge in [-0.15, -0.1) is 0 Å². The molecule has 0 saturated heterocycles. The van der Waals surface area contributed by atoms with Gasteiger partial charge >= 0.3 is 0 Å². The van der Waals surface area contributed by atoms with Crippen LogP contribution in [0.4, 0.5) is 0 Å². The molecule has 1 aromatic carbocycles. The molecule has 0 heterocycles. The highest BCUT2D eigenvalue weighted by atomic mass is 16.5. The van der Waals surface area contributed by atoms with Gasteiger partial charge in [0.25, 0.3) is 0 Å². The Balaban J connectivity index is 1.96. The molecular weight excluding hydrogens is 234 g/mol. The van der Waals surface area contributed by atoms with Gasteiger partial charge in [-0.3, -0.25) is 0 Å². The van der Waals surface area contributed by atoms with E-state index in [1.54, 1.807) is 7.11 Å². The van der Waals surface area contributed by atoms with E-state index in [1.807, 2.05) is 6.07 Å². The lowest BCUT2D eigenvalue weighted by Crippen LogP contribution is -2.21. The average molecular weight is 261 g/mol. The summed E-state index contributed by atoms with van der Waals surface area (Å²) in [4.78, 5) is 0. The molecule has 0 radical (unpaired) electrons. The van der Waals surface area contributed by atoms with Crippen LogP contribution in [0.25, 0.3) is 0 Å². The van der Waals surface area contributed by atoms with Crippen molar-refractivity contribution in [2.75, 3.05) is 13.7 Å². The zero-order valence-corrected chi connectivity index (χ0v) is 12.3. The van der Waals surface area contributed by atoms with Crippen LogP contribution in [-0.2, 0) is 0 Å². The van der Waals surface area contributed by atoms with Crippen molar-refractivity contribution in [3.05, 3.63) is 29.8 Å². The second kappa shape index (κ2) is 7.54. The number of nitrogens with one attached hydrogen (secondary N) is 1. The highest BCUT2D eigenvalue weighted by Gasteiger charge is 2.18. The molecule has 0 amide bonds. The van der Waals surface area contributed by atoms with Crippen molar-refractivity contribution in [2.24, 2.45) is 5.92 Å². The van der Waals surface area contributed by atoms with Crippen LogP contribution in [0.2, 0.25) is 0 Å². The summed E-state index contributed by atoms with van der Waals surface area (Å²) in [6.45, 7) is 3.20. The molecule has 1 N–H and O–H groups in total. The molecule has 0 aromatic heterocycles. The van der Waals surface area contributed by atoms with Crippen LogP contribution in [0.5, 0.6) is 5.75 Å². The van der Waals surface area contributed by atoms with Crippen molar-refractivity contribution in [2.45, 2.75) is 51.5 Å². The van der Waals surface area contributed by atoms with Crippen molar-refractivity contribution >= 4 is 0 Å². The predicted octanol–water partition coefficient (Wildman–Crippen LogP) is 4.32. The molecule has 1 atom stereocenters. The minimum atomic E-state index is 0.473. The topological polar surface area (TPSA) is 21.3 Å². The maximum atomic E-state index is 5.33. The minimum absolute atomic E-state index is 0.473. The molecule has 0 spiro atoms. The van der Waals surface area contributed by atoms with E-state index < -0.39 is 0 Å². The molecule has 2 nitrogen and oxygen atoms in total. The SMILES string of the molecule is CCNC(CCC1CCCC1)c1cccc(OC)c1. The lowest BCUT2D eigenvalue weighted by atomic mass is 9.94. The number of methoxy groups -OCH3 is 1. The first kappa shape index (κ1) is 14.4. The molecule has 1 saturated carbocycles. The first-order valence-corrected chi connectivity index (χ1v) is 7.70. The van der Waals surface area contributed by atoms with Crippen molar-refractivity contribution < 1.29 is 4.74 Å². The summed E-state index contributed by atoms with van der Waals surface area (Å²) in [5.74, 6) is 1.92. The van der Waals surface area contributed by atoms with Crippen molar-refractivity contribution in [3.8, 4) is 5.75 Å². The highest BCUT2D eigenvalue weighted by Crippen LogP contribution is 2.32. The van der Waals surface area contributed by atoms with Crippen molar-refractivity contribution in [3.63, 3.8) is 0 Å². The summed E-state index contributed by atoms with van der Waals surface area (Å²) in [5, 5.41) is 3.62. The van der Waals surface area contributed by atoms with Gasteiger partial charge in [-0.1, -0.05) is 44.7 Å². The van der Waals surface area contributed by atoms with Crippen LogP contribution in [0.15, 0.2) is 24.3 Å². The smallest absolute Gasteiger partial charge is 0.119 e. The van der Waals surface area contributed by atoms with E-state index in [1.165, 1.54) is 44.1 Å². The van der Waals surface area contributed by atoms with Gasteiger partial charge in [0.05, 0.1) is 7.11 Å². The van der Waals surface area contributed by atoms with Gasteiger partial charge in [-0.05, 0) is 43.0 Å². The lowest BCUT2D eigenvalue weighted by molar-refractivity contribution is 0.404. The largest absolute Gasteiger partial charge is 0.497 e. The monoisotopic (exact) mass is 261 g/mol. The van der Waals surface area contributed by atoms with Gasteiger partial charge in [-0.25, -0.2) is 0 Å². The fourth-order valence-corrected chi connectivity index (χ4v) is 3.19. The van der Waals surface area contributed by atoms with Crippen LogP contribution in [0.1, 0.15) is 57.1 Å². The fraction of sp³-hybridized carbons (Fsp3) is 0.647. The predicted molar refractivity (Wildman–Crippen MR) is 80.6 cm³/mol. The molecule has 1 aromatic rings. The first-order chi connectivity index (χ1) is 9.33. The normalized spacial score (nSPS) is 17.6. The Hall–Kier alpha value is -1.02. The summed E-state index contributed by atoms with van der Waals surface area (Å²) >= 11 is 0. The Kier molecular flexibility index (Phi) is 5.71. The standard InChI is InChI=1S/C17H27NO/c1-3-18-17(12-11-14-7-4-5-8-14)15-9-6-10-16(13-15)19-2/h6,9-10,13-14,17-18H,3-5,7-8,11-12H2,1-2H3. The molecule has 1 aliphatic carbocycles. The van der Waals surface area contributed by atoms with Gasteiger partial charge in [-0.2, -0.15) is 0 Å². The zero-order chi connectivity index (χ0) is 13.5. The molecular formula is C17H27NO. The summed E-state index contributed by atoms with van der Waals surface area (Å²) in [5.41, 5.74) is 1.36. The molecule has 1 unspecified atom stereocenters. The number of ether oxygens (including phenoxy) is 1. The second-order valence-corrected chi connectivity index (χ2v) is 5.61. The quantitative estimate of drug-likeness (QED) is 0.789. The van der Waals surface area contributed by atoms with Gasteiger partial charge < -0.3 is 10.1 Å². The van der Waals surface area contributed by atoms with Gasteiger partial charge in [0.1, 0.15) is 5.75 Å². The Bertz CT molecular complexity index is 371. The van der Waals surface area contributed by atoms with Gasteiger partial charge in [0, 0.05) is 6.04 Å². The third kappa shape index (κ3) is 4.24. The van der Waals surface area contributed by atoms with Crippen molar-refractivity contribution in [1.29, 1.82) is 0 Å². The molecule has 0 aliphatic heterocycles. The number of rotatable bonds is 7. The first-order valence-electron chi connectivity index (χ1n) is 7.70. The van der Waals surface area contributed by atoms with Crippen LogP contribution < -0.4 is 10.1 Å². The molecule has 2 rings (SSSR count). The third-order valence-electron chi connectivity index (χ3n) is 4.29. The minimum Gasteiger partial charge on any atom is -0.497 e. The summed E-state index contributed by atoms with van der Waals surface area (Å²) in [6, 6.07) is 8.96. The van der Waals surface area contributed by atoms with Crippen LogP contribution in [0.3, 0.4) is 0 Å². The number of hydrogen-bond acceptors (Lipinski definition) is 2. The lowest BCUT2D eigenvalue weighted by Gasteiger charge is -2.20. The zero-order valence-electron chi connectivity index (χ0n) is 12.3. The maximum Gasteiger partial charge on any atom is 0.119 e. The van der Waals surface area contributed by atoms with E-state index in [-0.39, 0.29) is 0 Å². The third-order valence-corrected chi connectivity index (χ3v) is 4.29. The van der Waals surface area contributed by atoms with E-state index >= 15 is 0 Å².